The van der Waals surface area contributed by atoms with Crippen molar-refractivity contribution in [2.75, 3.05) is 0 Å². The molecule has 18 heavy (non-hydrogen) atoms. The molecule has 0 saturated carbocycles. The third-order valence-electron chi connectivity index (χ3n) is 2.50. The van der Waals surface area contributed by atoms with Crippen LogP contribution < -0.4 is 0 Å². The number of halogens is 1. The second-order valence-corrected chi connectivity index (χ2v) is 4.18. The first-order valence-electron chi connectivity index (χ1n) is 5.25. The molecule has 0 N–H and O–H groups in total. The Balaban J connectivity index is 2.27. The number of rotatable bonds is 1. The molecule has 7 heteroatoms. The average Bonchev–Trinajstić information content (AvgIpc) is 2.72. The lowest BCUT2D eigenvalue weighted by molar-refractivity contribution is 1.12. The van der Waals surface area contributed by atoms with Crippen molar-refractivity contribution in [1.29, 1.82) is 0 Å². The molecule has 3 rings (SSSR count). The lowest BCUT2D eigenvalue weighted by Gasteiger charge is -2.02. The summed E-state index contributed by atoms with van der Waals surface area (Å²) in [6.45, 7) is 1.90. The molecule has 0 bridgehead atoms. The number of pyridine rings is 1. The van der Waals surface area contributed by atoms with Gasteiger partial charge in [-0.3, -0.25) is 0 Å². The maximum atomic E-state index is 6.05. The number of nitrogens with zero attached hydrogens (tertiary/aromatic N) is 5. The Morgan fingerprint density at radius 2 is 2.06 bits per heavy atom. The average molecular weight is 255 g/mol. The molecule has 0 aliphatic carbocycles. The molecule has 3 aromatic heterocycles. The predicted molar refractivity (Wildman–Crippen MR) is 69.5 cm³/mol. The second-order valence-electron chi connectivity index (χ2n) is 3.83. The van der Waals surface area contributed by atoms with Crippen LogP contribution in [0.3, 0.4) is 0 Å². The number of imidazole rings is 1. The first-order chi connectivity index (χ1) is 8.65. The molecule has 0 fully saturated rings. The van der Waals surface area contributed by atoms with Crippen molar-refractivity contribution in [2.45, 2.75) is 6.92 Å². The Bertz CT molecular complexity index is 739. The van der Waals surface area contributed by atoms with Crippen LogP contribution in [0.1, 0.15) is 5.69 Å². The Morgan fingerprint density at radius 3 is 2.83 bits per heavy atom. The zero-order valence-electron chi connectivity index (χ0n) is 9.50. The molecule has 5 nitrogen and oxygen atoms in total. The molecular weight excluding hydrogens is 248 g/mol. The van der Waals surface area contributed by atoms with E-state index in [9.17, 15) is 0 Å². The molecule has 0 amide bonds. The van der Waals surface area contributed by atoms with Gasteiger partial charge in [0.15, 0.2) is 16.6 Å². The van der Waals surface area contributed by atoms with E-state index in [0.29, 0.717) is 22.7 Å². The molecule has 3 heterocycles. The summed E-state index contributed by atoms with van der Waals surface area (Å²) in [7, 11) is 5.71. The van der Waals surface area contributed by atoms with Crippen LogP contribution in [0.15, 0.2) is 24.5 Å². The number of hydrogen-bond acceptors (Lipinski definition) is 4. The minimum absolute atomic E-state index is 0.266. The van der Waals surface area contributed by atoms with Crippen LogP contribution in [0.25, 0.3) is 22.7 Å². The molecule has 0 unspecified atom stereocenters. The highest BCUT2D eigenvalue weighted by Crippen LogP contribution is 2.22. The van der Waals surface area contributed by atoms with E-state index in [0.717, 1.165) is 5.69 Å². The minimum Gasteiger partial charge on any atom is -0.372 e. The van der Waals surface area contributed by atoms with Gasteiger partial charge >= 0.3 is 0 Å². The van der Waals surface area contributed by atoms with Crippen molar-refractivity contribution in [1.82, 2.24) is 24.4 Å². The van der Waals surface area contributed by atoms with Crippen LogP contribution in [0.4, 0.5) is 0 Å². The highest BCUT2D eigenvalue weighted by Gasteiger charge is 2.12. The number of aromatic nitrogens is 5. The zero-order valence-corrected chi connectivity index (χ0v) is 10.3. The van der Waals surface area contributed by atoms with E-state index in [1.165, 1.54) is 10.8 Å². The quantitative estimate of drug-likeness (QED) is 0.491. The number of hydrogen-bond donors (Lipinski definition) is 0. The molecule has 0 spiro atoms. The molecule has 3 aromatic rings. The van der Waals surface area contributed by atoms with Crippen LogP contribution in [0.5, 0.6) is 0 Å². The van der Waals surface area contributed by atoms with Crippen molar-refractivity contribution in [3.8, 4) is 11.5 Å². The van der Waals surface area contributed by atoms with E-state index < -0.39 is 0 Å². The van der Waals surface area contributed by atoms with E-state index in [1.807, 2.05) is 25.1 Å². The van der Waals surface area contributed by atoms with E-state index in [2.05, 4.69) is 19.9 Å². The van der Waals surface area contributed by atoms with Crippen molar-refractivity contribution in [3.63, 3.8) is 0 Å². The summed E-state index contributed by atoms with van der Waals surface area (Å²) >= 11 is 6.05. The van der Waals surface area contributed by atoms with E-state index in [1.54, 1.807) is 0 Å². The van der Waals surface area contributed by atoms with E-state index in [-0.39, 0.29) is 5.15 Å². The van der Waals surface area contributed by atoms with Crippen molar-refractivity contribution < 1.29 is 0 Å². The third kappa shape index (κ3) is 1.74. The maximum absolute atomic E-state index is 6.05. The Hall–Kier alpha value is -1.95. The van der Waals surface area contributed by atoms with Gasteiger partial charge in [0.25, 0.3) is 0 Å². The van der Waals surface area contributed by atoms with Gasteiger partial charge in [-0.1, -0.05) is 17.7 Å². The van der Waals surface area contributed by atoms with Crippen molar-refractivity contribution in [2.24, 2.45) is 0 Å². The molecule has 0 atom stereocenters. The lowest BCUT2D eigenvalue weighted by atomic mass is 10.3. The molecule has 86 valence electrons. The van der Waals surface area contributed by atoms with Gasteiger partial charge in [-0.2, -0.15) is 0 Å². The maximum Gasteiger partial charge on any atom is 0.238 e. The molecule has 0 saturated heterocycles. The van der Waals surface area contributed by atoms with Gasteiger partial charge in [-0.25, -0.2) is 19.9 Å². The van der Waals surface area contributed by atoms with E-state index in [4.69, 9.17) is 19.6 Å². The van der Waals surface area contributed by atoms with E-state index >= 15 is 0 Å². The fraction of sp³-hybridized carbons (Fsp3) is 0.0909. The van der Waals surface area contributed by atoms with Crippen LogP contribution in [-0.4, -0.2) is 32.4 Å². The first-order valence-corrected chi connectivity index (χ1v) is 5.62. The standard InChI is InChI=1S/C11H7BClN5/c1-6-3-2-4-7(15-6)10-16-9(13)8-11(17-10)18(12)5-14-8/h2-5H,1H3. The summed E-state index contributed by atoms with van der Waals surface area (Å²) in [5.74, 6) is 0.434. The summed E-state index contributed by atoms with van der Waals surface area (Å²) in [6, 6.07) is 5.61. The van der Waals surface area contributed by atoms with Crippen LogP contribution >= 0.6 is 11.6 Å². The smallest absolute Gasteiger partial charge is 0.238 e. The van der Waals surface area contributed by atoms with Crippen LogP contribution in [-0.2, 0) is 0 Å². The van der Waals surface area contributed by atoms with Gasteiger partial charge in [0, 0.05) is 5.69 Å². The highest BCUT2D eigenvalue weighted by molar-refractivity contribution is 6.33. The SMILES string of the molecule is [B]n1cnc2c(Cl)nc(-c3cccc(C)n3)nc21. The van der Waals surface area contributed by atoms with Gasteiger partial charge in [0.1, 0.15) is 11.2 Å². The monoisotopic (exact) mass is 255 g/mol. The van der Waals surface area contributed by atoms with Gasteiger partial charge in [0.2, 0.25) is 7.98 Å². The molecule has 0 aliphatic heterocycles. The Kier molecular flexibility index (Phi) is 2.52. The van der Waals surface area contributed by atoms with Gasteiger partial charge in [-0.05, 0) is 19.1 Å². The highest BCUT2D eigenvalue weighted by atomic mass is 35.5. The second kappa shape index (κ2) is 4.06. The fourth-order valence-electron chi connectivity index (χ4n) is 1.66. The fourth-order valence-corrected chi connectivity index (χ4v) is 1.88. The summed E-state index contributed by atoms with van der Waals surface area (Å²) in [5.41, 5.74) is 2.50. The molecular formula is C11H7BClN5. The summed E-state index contributed by atoms with van der Waals surface area (Å²) in [5, 5.41) is 0.266. The van der Waals surface area contributed by atoms with Crippen molar-refractivity contribution in [3.05, 3.63) is 35.4 Å². The largest absolute Gasteiger partial charge is 0.372 e. The first kappa shape index (κ1) is 11.2. The molecule has 0 aromatic carbocycles. The third-order valence-corrected chi connectivity index (χ3v) is 2.76. The molecule has 0 aliphatic rings. The van der Waals surface area contributed by atoms with Crippen LogP contribution in [0.2, 0.25) is 5.15 Å². The number of aryl methyl sites for hydroxylation is 1. The Morgan fingerprint density at radius 1 is 1.22 bits per heavy atom. The van der Waals surface area contributed by atoms with Gasteiger partial charge in [0.05, 0.1) is 6.33 Å². The zero-order chi connectivity index (χ0) is 12.7. The van der Waals surface area contributed by atoms with Gasteiger partial charge in [-0.15, -0.1) is 0 Å². The Labute approximate surface area is 109 Å². The number of fused-ring (bicyclic) bond motifs is 1. The predicted octanol–water partition coefficient (Wildman–Crippen LogP) is 1.78. The topological polar surface area (TPSA) is 56.5 Å². The van der Waals surface area contributed by atoms with Crippen molar-refractivity contribution >= 4 is 30.7 Å². The lowest BCUT2D eigenvalue weighted by Crippen LogP contribution is -1.97. The summed E-state index contributed by atoms with van der Waals surface area (Å²) < 4.78 is 1.31. The normalized spacial score (nSPS) is 11.0. The van der Waals surface area contributed by atoms with Gasteiger partial charge < -0.3 is 4.48 Å². The summed E-state index contributed by atoms with van der Waals surface area (Å²) in [6.07, 6.45) is 1.44. The summed E-state index contributed by atoms with van der Waals surface area (Å²) in [4.78, 5) is 16.9. The van der Waals surface area contributed by atoms with Crippen LogP contribution in [0, 0.1) is 6.92 Å². The minimum atomic E-state index is 0.266. The molecule has 2 radical (unpaired) electrons.